The van der Waals surface area contributed by atoms with Crippen molar-refractivity contribution in [1.29, 1.82) is 0 Å². The maximum absolute atomic E-state index is 4.59. The van der Waals surface area contributed by atoms with Crippen LogP contribution in [0.4, 0.5) is 0 Å². The molecule has 0 aliphatic carbocycles. The molecule has 1 aromatic heterocycles. The monoisotopic (exact) mass is 217 g/mol. The van der Waals surface area contributed by atoms with Crippen LogP contribution in [-0.4, -0.2) is 9.97 Å². The minimum absolute atomic E-state index is 0. The van der Waals surface area contributed by atoms with Gasteiger partial charge in [-0.3, -0.25) is 9.97 Å². The van der Waals surface area contributed by atoms with Gasteiger partial charge in [-0.05, 0) is 6.07 Å². The van der Waals surface area contributed by atoms with Crippen LogP contribution in [0, 0.1) is 0 Å². The van der Waals surface area contributed by atoms with Crippen molar-refractivity contribution < 1.29 is 20.4 Å². The largest absolute Gasteiger partial charge is 2.00 e. The van der Waals surface area contributed by atoms with Crippen LogP contribution in [0.2, 0.25) is 0 Å². The van der Waals surface area contributed by atoms with Crippen molar-refractivity contribution in [3.8, 4) is 0 Å². The molecule has 1 rings (SSSR count). The van der Waals surface area contributed by atoms with Crippen LogP contribution in [0.15, 0.2) is 23.6 Å². The summed E-state index contributed by atoms with van der Waals surface area (Å²) in [6, 6.07) is 1.73. The van der Waals surface area contributed by atoms with E-state index in [1.165, 1.54) is 0 Å². The molecule has 0 aliphatic rings. The summed E-state index contributed by atoms with van der Waals surface area (Å²) in [5, 5.41) is 0.405. The van der Waals surface area contributed by atoms with Crippen molar-refractivity contribution >= 4 is 12.6 Å². The molecule has 0 amide bonds. The Morgan fingerprint density at radius 2 is 1.75 bits per heavy atom. The van der Waals surface area contributed by atoms with E-state index in [0.29, 0.717) is 5.16 Å². The van der Waals surface area contributed by atoms with E-state index in [4.69, 9.17) is 0 Å². The van der Waals surface area contributed by atoms with Crippen LogP contribution in [0.3, 0.4) is 0 Å². The Morgan fingerprint density at radius 3 is 2.00 bits per heavy atom. The third-order valence-corrected chi connectivity index (χ3v) is 0.753. The van der Waals surface area contributed by atoms with Crippen LogP contribution in [-0.2, 0) is 33.1 Å². The second-order valence-electron chi connectivity index (χ2n) is 1.03. The average Bonchev–Trinajstić information content (AvgIpc) is 1.69. The third-order valence-electron chi connectivity index (χ3n) is 0.542. The summed E-state index contributed by atoms with van der Waals surface area (Å²) in [5.74, 6) is 0. The molecule has 0 spiro atoms. The summed E-state index contributed by atoms with van der Waals surface area (Å²) in [6.45, 7) is 0. The smallest absolute Gasteiger partial charge is 0.740 e. The van der Waals surface area contributed by atoms with E-state index in [0.717, 1.165) is 0 Å². The molecule has 0 aliphatic heterocycles. The molecule has 8 heavy (non-hydrogen) atoms. The van der Waals surface area contributed by atoms with Crippen LogP contribution < -0.4 is 0 Å². The molecule has 0 fully saturated rings. The van der Waals surface area contributed by atoms with Crippen molar-refractivity contribution in [3.63, 3.8) is 0 Å². The number of hydrogen-bond acceptors (Lipinski definition) is 3. The van der Waals surface area contributed by atoms with Crippen molar-refractivity contribution in [3.05, 3.63) is 18.5 Å². The van der Waals surface area contributed by atoms with Crippen molar-refractivity contribution in [2.75, 3.05) is 0 Å². The summed E-state index contributed by atoms with van der Waals surface area (Å²) >= 11 is 4.59. The fourth-order valence-electron chi connectivity index (χ4n) is 0.285. The summed E-state index contributed by atoms with van der Waals surface area (Å²) in [5.41, 5.74) is 0. The summed E-state index contributed by atoms with van der Waals surface area (Å²) in [6.07, 6.45) is 3.24. The normalized spacial score (nSPS) is 7.50. The Morgan fingerprint density at radius 1 is 1.25 bits per heavy atom. The maximum Gasteiger partial charge on any atom is 2.00 e. The predicted molar refractivity (Wildman–Crippen MR) is 27.7 cm³/mol. The van der Waals surface area contributed by atoms with Gasteiger partial charge >= 0.3 is 20.4 Å². The maximum atomic E-state index is 4.59. The molecule has 0 radical (unpaired) electrons. The molecule has 0 bridgehead atoms. The van der Waals surface area contributed by atoms with Crippen LogP contribution >= 0.6 is 0 Å². The minimum Gasteiger partial charge on any atom is -0.740 e. The first-order valence-corrected chi connectivity index (χ1v) is 2.24. The zero-order chi connectivity index (χ0) is 5.11. The molecule has 4 heteroatoms. The Bertz CT molecular complexity index is 144. The molecule has 0 saturated carbocycles. The molecule has 0 atom stereocenters. The molecular formula is C4H3N2PdS+. The Hall–Kier alpha value is -0.0377. The van der Waals surface area contributed by atoms with E-state index in [1.54, 1.807) is 18.5 Å². The van der Waals surface area contributed by atoms with Gasteiger partial charge in [0.15, 0.2) is 0 Å². The average molecular weight is 218 g/mol. The minimum atomic E-state index is 0. The van der Waals surface area contributed by atoms with Crippen LogP contribution in [0.25, 0.3) is 0 Å². The zero-order valence-corrected chi connectivity index (χ0v) is 6.22. The molecule has 0 saturated heterocycles. The summed E-state index contributed by atoms with van der Waals surface area (Å²) in [7, 11) is 0. The van der Waals surface area contributed by atoms with Gasteiger partial charge in [-0.1, -0.05) is 0 Å². The van der Waals surface area contributed by atoms with E-state index in [2.05, 4.69) is 22.6 Å². The van der Waals surface area contributed by atoms with Gasteiger partial charge in [0.25, 0.3) is 0 Å². The SMILES string of the molecule is [Pd+2].[S-]c1ncccn1. The Balaban J connectivity index is 0.000000490. The van der Waals surface area contributed by atoms with Crippen molar-refractivity contribution in [1.82, 2.24) is 9.97 Å². The molecular weight excluding hydrogens is 215 g/mol. The van der Waals surface area contributed by atoms with Gasteiger partial charge in [-0.2, -0.15) is 0 Å². The first-order valence-electron chi connectivity index (χ1n) is 1.83. The number of aromatic nitrogens is 2. The van der Waals surface area contributed by atoms with Crippen molar-refractivity contribution in [2.24, 2.45) is 0 Å². The molecule has 0 N–H and O–H groups in total. The quantitative estimate of drug-likeness (QED) is 0.357. The van der Waals surface area contributed by atoms with E-state index in [-0.39, 0.29) is 20.4 Å². The van der Waals surface area contributed by atoms with Gasteiger partial charge in [-0.25, -0.2) is 0 Å². The standard InChI is InChI=1S/C4H4N2S.Pd/c7-4-5-2-1-3-6-4;/h1-3H,(H,5,6,7);/q;+2/p-1. The fraction of sp³-hybridized carbons (Fsp3) is 0. The number of rotatable bonds is 0. The number of hydrogen-bond donors (Lipinski definition) is 0. The zero-order valence-electron chi connectivity index (χ0n) is 3.85. The van der Waals surface area contributed by atoms with E-state index < -0.39 is 0 Å². The third kappa shape index (κ3) is 2.32. The molecule has 1 aromatic rings. The summed E-state index contributed by atoms with van der Waals surface area (Å²) in [4.78, 5) is 7.37. The van der Waals surface area contributed by atoms with Gasteiger partial charge in [0.1, 0.15) is 0 Å². The van der Waals surface area contributed by atoms with Gasteiger partial charge < -0.3 is 12.6 Å². The summed E-state index contributed by atoms with van der Waals surface area (Å²) < 4.78 is 0. The Labute approximate surface area is 66.8 Å². The second kappa shape index (κ2) is 3.90. The molecule has 0 aromatic carbocycles. The fourth-order valence-corrected chi connectivity index (χ4v) is 0.407. The molecule has 2 nitrogen and oxygen atoms in total. The van der Waals surface area contributed by atoms with Gasteiger partial charge in [-0.15, -0.1) is 0 Å². The van der Waals surface area contributed by atoms with Crippen LogP contribution in [0.5, 0.6) is 0 Å². The molecule has 1 heterocycles. The van der Waals surface area contributed by atoms with Gasteiger partial charge in [0.05, 0.1) is 0 Å². The van der Waals surface area contributed by atoms with Crippen molar-refractivity contribution in [2.45, 2.75) is 5.16 Å². The van der Waals surface area contributed by atoms with Gasteiger partial charge in [0.2, 0.25) is 0 Å². The van der Waals surface area contributed by atoms with E-state index in [1.807, 2.05) is 0 Å². The van der Waals surface area contributed by atoms with E-state index in [9.17, 15) is 0 Å². The first kappa shape index (κ1) is 7.96. The van der Waals surface area contributed by atoms with E-state index >= 15 is 0 Å². The van der Waals surface area contributed by atoms with Crippen LogP contribution in [0.1, 0.15) is 0 Å². The topological polar surface area (TPSA) is 25.8 Å². The predicted octanol–water partition coefficient (Wildman–Crippen LogP) is 0.380. The first-order chi connectivity index (χ1) is 3.39. The molecule has 0 unspecified atom stereocenters. The second-order valence-corrected chi connectivity index (χ2v) is 1.40. The Kier molecular flexibility index (Phi) is 3.89. The van der Waals surface area contributed by atoms with Gasteiger partial charge in [0, 0.05) is 17.6 Å². The number of nitrogens with zero attached hydrogens (tertiary/aromatic N) is 2. The molecule has 44 valence electrons.